The number of nitrogens with one attached hydrogen (secondary N) is 3. The number of methoxy groups -OCH3 is 1. The Hall–Kier alpha value is -2.64. The van der Waals surface area contributed by atoms with E-state index in [0.717, 1.165) is 27.0 Å². The quantitative estimate of drug-likeness (QED) is 0.474. The third-order valence-electron chi connectivity index (χ3n) is 3.95. The molecule has 0 radical (unpaired) electrons. The molecule has 0 aliphatic rings. The van der Waals surface area contributed by atoms with Crippen LogP contribution in [0.25, 0.3) is 10.1 Å². The van der Waals surface area contributed by atoms with Gasteiger partial charge in [0.05, 0.1) is 12.0 Å². The summed E-state index contributed by atoms with van der Waals surface area (Å²) in [6.45, 7) is 2.50. The summed E-state index contributed by atoms with van der Waals surface area (Å²) < 4.78 is 6.22. The second-order valence-electron chi connectivity index (χ2n) is 5.66. The number of thiocarbonyl (C=S) groups is 1. The first kappa shape index (κ1) is 18.2. The molecular weight excluding hydrogens is 366 g/mol. The first-order chi connectivity index (χ1) is 12.6. The summed E-state index contributed by atoms with van der Waals surface area (Å²) in [5.41, 5.74) is 7.43. The number of carbonyl (C=O) groups is 1. The Morgan fingerprint density at radius 2 is 1.85 bits per heavy atom. The van der Waals surface area contributed by atoms with Crippen LogP contribution in [0.2, 0.25) is 0 Å². The van der Waals surface area contributed by atoms with E-state index in [1.807, 2.05) is 55.5 Å². The Labute approximate surface area is 161 Å². The van der Waals surface area contributed by atoms with Gasteiger partial charge < -0.3 is 10.1 Å². The molecule has 0 saturated heterocycles. The Balaban J connectivity index is 1.53. The van der Waals surface area contributed by atoms with E-state index in [-0.39, 0.29) is 5.91 Å². The topological polar surface area (TPSA) is 62.4 Å². The van der Waals surface area contributed by atoms with E-state index in [9.17, 15) is 4.79 Å². The molecule has 3 aromatic rings. The number of hydrogen-bond acceptors (Lipinski definition) is 4. The number of hydrogen-bond donors (Lipinski definition) is 3. The van der Waals surface area contributed by atoms with Crippen molar-refractivity contribution < 1.29 is 9.53 Å². The molecule has 3 rings (SSSR count). The van der Waals surface area contributed by atoms with Gasteiger partial charge in [0, 0.05) is 11.2 Å². The number of thiophene rings is 1. The van der Waals surface area contributed by atoms with E-state index in [4.69, 9.17) is 17.0 Å². The third kappa shape index (κ3) is 4.12. The van der Waals surface area contributed by atoms with Crippen molar-refractivity contribution in [2.45, 2.75) is 13.5 Å². The summed E-state index contributed by atoms with van der Waals surface area (Å²) in [6, 6.07) is 15.7. The highest BCUT2D eigenvalue weighted by Gasteiger charge is 2.15. The second-order valence-corrected chi connectivity index (χ2v) is 7.12. The number of carbonyl (C=O) groups excluding carboxylic acids is 1. The summed E-state index contributed by atoms with van der Waals surface area (Å²) in [5, 5.41) is 4.51. The minimum Gasteiger partial charge on any atom is -0.497 e. The fourth-order valence-corrected chi connectivity index (χ4v) is 3.76. The number of amides is 1. The summed E-state index contributed by atoms with van der Waals surface area (Å²) in [6.07, 6.45) is 0. The Kier molecular flexibility index (Phi) is 5.70. The van der Waals surface area contributed by atoms with Gasteiger partial charge in [-0.05, 0) is 53.9 Å². The molecule has 0 aliphatic carbocycles. The summed E-state index contributed by atoms with van der Waals surface area (Å²) >= 11 is 6.68. The molecule has 1 heterocycles. The molecule has 7 heteroatoms. The zero-order valence-electron chi connectivity index (χ0n) is 14.5. The van der Waals surface area contributed by atoms with Gasteiger partial charge in [0.1, 0.15) is 5.75 Å². The van der Waals surface area contributed by atoms with Crippen LogP contribution in [0.5, 0.6) is 5.75 Å². The van der Waals surface area contributed by atoms with Crippen molar-refractivity contribution in [1.82, 2.24) is 16.2 Å². The molecule has 2 aromatic carbocycles. The van der Waals surface area contributed by atoms with Crippen LogP contribution in [0.1, 0.15) is 20.8 Å². The number of aryl methyl sites for hydroxylation is 1. The van der Waals surface area contributed by atoms with Gasteiger partial charge in [-0.2, -0.15) is 0 Å². The van der Waals surface area contributed by atoms with E-state index in [2.05, 4.69) is 16.2 Å². The second kappa shape index (κ2) is 8.16. The van der Waals surface area contributed by atoms with Crippen LogP contribution in [-0.2, 0) is 6.54 Å². The standard InChI is InChI=1S/C19H19N3O2S2/c1-12-15-5-3-4-6-16(15)26-17(12)18(23)21-22-19(25)20-11-13-7-9-14(24-2)10-8-13/h3-10H,11H2,1-2H3,(H,21,23)(H2,20,22,25). The van der Waals surface area contributed by atoms with Crippen LogP contribution >= 0.6 is 23.6 Å². The molecule has 0 spiro atoms. The van der Waals surface area contributed by atoms with Gasteiger partial charge in [0.2, 0.25) is 0 Å². The first-order valence-electron chi connectivity index (χ1n) is 8.03. The molecule has 3 N–H and O–H groups in total. The zero-order chi connectivity index (χ0) is 18.5. The SMILES string of the molecule is COc1ccc(CNC(=S)NNC(=O)c2sc3ccccc3c2C)cc1. The van der Waals surface area contributed by atoms with E-state index in [1.54, 1.807) is 7.11 Å². The molecule has 0 bridgehead atoms. The zero-order valence-corrected chi connectivity index (χ0v) is 16.1. The molecule has 1 amide bonds. The molecule has 0 saturated carbocycles. The molecule has 0 unspecified atom stereocenters. The number of rotatable bonds is 4. The predicted molar refractivity (Wildman–Crippen MR) is 110 cm³/mol. The molecule has 0 fully saturated rings. The van der Waals surface area contributed by atoms with Crippen molar-refractivity contribution in [2.75, 3.05) is 7.11 Å². The Morgan fingerprint density at radius 3 is 2.54 bits per heavy atom. The van der Waals surface area contributed by atoms with Crippen LogP contribution in [0.4, 0.5) is 0 Å². The van der Waals surface area contributed by atoms with Gasteiger partial charge in [-0.1, -0.05) is 30.3 Å². The smallest absolute Gasteiger partial charge is 0.280 e. The molecule has 1 aromatic heterocycles. The van der Waals surface area contributed by atoms with Crippen molar-refractivity contribution in [3.63, 3.8) is 0 Å². The highest BCUT2D eigenvalue weighted by Crippen LogP contribution is 2.30. The van der Waals surface area contributed by atoms with Crippen molar-refractivity contribution in [1.29, 1.82) is 0 Å². The lowest BCUT2D eigenvalue weighted by Crippen LogP contribution is -2.46. The largest absolute Gasteiger partial charge is 0.497 e. The monoisotopic (exact) mass is 385 g/mol. The molecule has 0 aliphatic heterocycles. The maximum Gasteiger partial charge on any atom is 0.280 e. The molecular formula is C19H19N3O2S2. The van der Waals surface area contributed by atoms with Gasteiger partial charge >= 0.3 is 0 Å². The predicted octanol–water partition coefficient (Wildman–Crippen LogP) is 3.53. The Morgan fingerprint density at radius 1 is 1.12 bits per heavy atom. The normalized spacial score (nSPS) is 10.4. The van der Waals surface area contributed by atoms with Crippen LogP contribution in [0.3, 0.4) is 0 Å². The minimum absolute atomic E-state index is 0.197. The van der Waals surface area contributed by atoms with Crippen LogP contribution in [0, 0.1) is 6.92 Å². The van der Waals surface area contributed by atoms with E-state index in [0.29, 0.717) is 16.5 Å². The van der Waals surface area contributed by atoms with E-state index >= 15 is 0 Å². The van der Waals surface area contributed by atoms with Gasteiger partial charge in [0.25, 0.3) is 5.91 Å². The van der Waals surface area contributed by atoms with Crippen LogP contribution in [-0.4, -0.2) is 18.1 Å². The number of fused-ring (bicyclic) bond motifs is 1. The van der Waals surface area contributed by atoms with Crippen molar-refractivity contribution in [2.24, 2.45) is 0 Å². The number of ether oxygens (including phenoxy) is 1. The summed E-state index contributed by atoms with van der Waals surface area (Å²) in [5.74, 6) is 0.609. The average molecular weight is 386 g/mol. The fourth-order valence-electron chi connectivity index (χ4n) is 2.53. The van der Waals surface area contributed by atoms with E-state index in [1.165, 1.54) is 11.3 Å². The van der Waals surface area contributed by atoms with Gasteiger partial charge in [-0.25, -0.2) is 0 Å². The molecule has 0 atom stereocenters. The number of benzene rings is 2. The average Bonchev–Trinajstić information content (AvgIpc) is 3.02. The van der Waals surface area contributed by atoms with Crippen LogP contribution < -0.4 is 20.9 Å². The van der Waals surface area contributed by atoms with Gasteiger partial charge in [0.15, 0.2) is 5.11 Å². The van der Waals surface area contributed by atoms with Crippen molar-refractivity contribution >= 4 is 44.7 Å². The van der Waals surface area contributed by atoms with Crippen molar-refractivity contribution in [3.05, 3.63) is 64.5 Å². The Bertz CT molecular complexity index is 936. The highest BCUT2D eigenvalue weighted by atomic mass is 32.1. The molecule has 5 nitrogen and oxygen atoms in total. The van der Waals surface area contributed by atoms with Crippen molar-refractivity contribution in [3.8, 4) is 5.75 Å². The third-order valence-corrected chi connectivity index (χ3v) is 5.47. The lowest BCUT2D eigenvalue weighted by atomic mass is 10.1. The minimum atomic E-state index is -0.197. The van der Waals surface area contributed by atoms with Gasteiger partial charge in [-0.3, -0.25) is 15.6 Å². The van der Waals surface area contributed by atoms with Crippen LogP contribution in [0.15, 0.2) is 48.5 Å². The maximum absolute atomic E-state index is 12.4. The lowest BCUT2D eigenvalue weighted by Gasteiger charge is -2.11. The van der Waals surface area contributed by atoms with E-state index < -0.39 is 0 Å². The summed E-state index contributed by atoms with van der Waals surface area (Å²) in [4.78, 5) is 13.1. The maximum atomic E-state index is 12.4. The number of hydrazine groups is 1. The highest BCUT2D eigenvalue weighted by molar-refractivity contribution is 7.80. The first-order valence-corrected chi connectivity index (χ1v) is 9.26. The molecule has 26 heavy (non-hydrogen) atoms. The van der Waals surface area contributed by atoms with Gasteiger partial charge in [-0.15, -0.1) is 11.3 Å². The lowest BCUT2D eigenvalue weighted by molar-refractivity contribution is 0.0947. The fraction of sp³-hybridized carbons (Fsp3) is 0.158. The molecule has 134 valence electrons. The summed E-state index contributed by atoms with van der Waals surface area (Å²) in [7, 11) is 1.63.